The Labute approximate surface area is 247 Å². The smallest absolute Gasteiger partial charge is 0.249 e. The zero-order valence-electron chi connectivity index (χ0n) is 23.8. The molecule has 13 heteroatoms. The third kappa shape index (κ3) is 7.00. The zero-order valence-corrected chi connectivity index (χ0v) is 24.5. The number of halogens is 3. The van der Waals surface area contributed by atoms with Crippen LogP contribution >= 0.6 is 11.6 Å². The summed E-state index contributed by atoms with van der Waals surface area (Å²) in [6.07, 6.45) is 3.07. The van der Waals surface area contributed by atoms with Crippen LogP contribution in [0.2, 0.25) is 5.02 Å². The molecular formula is C29H34ClF2N7O3. The Hall–Kier alpha value is -3.74. The molecule has 5 N–H and O–H groups in total. The minimum atomic E-state index is -1.05. The predicted octanol–water partition coefficient (Wildman–Crippen LogP) is 3.36. The fourth-order valence-corrected chi connectivity index (χ4v) is 5.06. The number of imide groups is 1. The van der Waals surface area contributed by atoms with Crippen molar-refractivity contribution < 1.29 is 23.2 Å². The van der Waals surface area contributed by atoms with E-state index < -0.39 is 57.9 Å². The zero-order chi connectivity index (χ0) is 30.6. The lowest BCUT2D eigenvalue weighted by Crippen LogP contribution is -2.59. The maximum absolute atomic E-state index is 14.6. The Morgan fingerprint density at radius 3 is 2.60 bits per heavy atom. The largest absolute Gasteiger partial charge is 0.342 e. The summed E-state index contributed by atoms with van der Waals surface area (Å²) in [5.74, 6) is -3.00. The van der Waals surface area contributed by atoms with Crippen LogP contribution in [0.25, 0.3) is 10.9 Å². The maximum atomic E-state index is 14.6. The third-order valence-corrected chi connectivity index (χ3v) is 7.77. The summed E-state index contributed by atoms with van der Waals surface area (Å²) in [5.41, 5.74) is 0.388. The molecule has 0 saturated carbocycles. The quantitative estimate of drug-likeness (QED) is 0.223. The first-order valence-corrected chi connectivity index (χ1v) is 14.0. The van der Waals surface area contributed by atoms with E-state index in [2.05, 4.69) is 36.6 Å². The minimum Gasteiger partial charge on any atom is -0.342 e. The highest BCUT2D eigenvalue weighted by atomic mass is 35.5. The minimum absolute atomic E-state index is 0.0633. The van der Waals surface area contributed by atoms with Gasteiger partial charge in [-0.05, 0) is 75.0 Å². The summed E-state index contributed by atoms with van der Waals surface area (Å²) in [4.78, 5) is 47.5. The summed E-state index contributed by atoms with van der Waals surface area (Å²) < 4.78 is 28.3. The number of hydrogen-bond acceptors (Lipinski definition) is 8. The number of likely N-dealkylation sites (N-methyl/N-ethyl adjacent to an activating group) is 1. The molecule has 1 aliphatic heterocycles. The molecule has 2 heterocycles. The van der Waals surface area contributed by atoms with E-state index >= 15 is 0 Å². The van der Waals surface area contributed by atoms with Gasteiger partial charge in [-0.15, -0.1) is 0 Å². The number of nitrogens with one attached hydrogen (secondary N) is 5. The van der Waals surface area contributed by atoms with Crippen LogP contribution < -0.4 is 26.6 Å². The average molecular weight is 602 g/mol. The van der Waals surface area contributed by atoms with E-state index in [0.29, 0.717) is 30.3 Å². The van der Waals surface area contributed by atoms with Gasteiger partial charge in [-0.2, -0.15) is 0 Å². The molecular weight excluding hydrogens is 568 g/mol. The third-order valence-electron chi connectivity index (χ3n) is 7.43. The SMILES string of the molecule is CN[C@@H](C)C(=O)N[C@H](C(=O)NC(=O)[C@@H]1CCCN1)C(C)(C)Cc1ccc2ncnc(Nc3ccc(F)c(Cl)c3F)c2c1. The first-order chi connectivity index (χ1) is 19.9. The van der Waals surface area contributed by atoms with Gasteiger partial charge < -0.3 is 21.3 Å². The second kappa shape index (κ2) is 13.1. The summed E-state index contributed by atoms with van der Waals surface area (Å²) in [6, 6.07) is 5.56. The van der Waals surface area contributed by atoms with Gasteiger partial charge >= 0.3 is 0 Å². The van der Waals surface area contributed by atoms with Gasteiger partial charge in [0, 0.05) is 5.39 Å². The van der Waals surface area contributed by atoms with Crippen LogP contribution in [-0.2, 0) is 20.8 Å². The van der Waals surface area contributed by atoms with Gasteiger partial charge in [0.05, 0.1) is 23.3 Å². The van der Waals surface area contributed by atoms with Gasteiger partial charge in [-0.1, -0.05) is 31.5 Å². The Morgan fingerprint density at radius 1 is 1.14 bits per heavy atom. The fraction of sp³-hybridized carbons (Fsp3) is 0.414. The van der Waals surface area contributed by atoms with E-state index in [1.165, 1.54) is 12.4 Å². The lowest BCUT2D eigenvalue weighted by atomic mass is 9.78. The number of fused-ring (bicyclic) bond motifs is 1. The first-order valence-electron chi connectivity index (χ1n) is 13.6. The van der Waals surface area contributed by atoms with Crippen molar-refractivity contribution >= 4 is 51.7 Å². The van der Waals surface area contributed by atoms with E-state index in [4.69, 9.17) is 11.6 Å². The number of aromatic nitrogens is 2. The lowest BCUT2D eigenvalue weighted by Gasteiger charge is -2.35. The number of anilines is 2. The van der Waals surface area contributed by atoms with Gasteiger partial charge in [0.1, 0.15) is 29.0 Å². The Morgan fingerprint density at radius 2 is 1.90 bits per heavy atom. The molecule has 0 unspecified atom stereocenters. The maximum Gasteiger partial charge on any atom is 0.249 e. The van der Waals surface area contributed by atoms with Gasteiger partial charge in [-0.3, -0.25) is 19.7 Å². The van der Waals surface area contributed by atoms with E-state index in [1.54, 1.807) is 26.1 Å². The number of rotatable bonds is 10. The molecule has 3 amide bonds. The molecule has 3 atom stereocenters. The molecule has 2 aromatic carbocycles. The molecule has 1 fully saturated rings. The summed E-state index contributed by atoms with van der Waals surface area (Å²) in [7, 11) is 1.63. The van der Waals surface area contributed by atoms with E-state index in [0.717, 1.165) is 18.1 Å². The molecule has 0 spiro atoms. The van der Waals surface area contributed by atoms with E-state index in [9.17, 15) is 23.2 Å². The average Bonchev–Trinajstić information content (AvgIpc) is 3.51. The number of nitrogens with zero attached hydrogens (tertiary/aromatic N) is 2. The molecule has 10 nitrogen and oxygen atoms in total. The fourth-order valence-electron chi connectivity index (χ4n) is 4.89. The number of carbonyl (C=O) groups is 3. The first kappa shape index (κ1) is 31.2. The van der Waals surface area contributed by atoms with Crippen molar-refractivity contribution in [3.8, 4) is 0 Å². The van der Waals surface area contributed by atoms with Crippen LogP contribution in [0.15, 0.2) is 36.7 Å². The number of hydrogen-bond donors (Lipinski definition) is 5. The Bertz CT molecular complexity index is 1500. The lowest BCUT2D eigenvalue weighted by molar-refractivity contribution is -0.137. The van der Waals surface area contributed by atoms with E-state index in [1.807, 2.05) is 19.9 Å². The van der Waals surface area contributed by atoms with Gasteiger partial charge in [0.2, 0.25) is 17.7 Å². The molecule has 42 heavy (non-hydrogen) atoms. The molecule has 1 aromatic heterocycles. The van der Waals surface area contributed by atoms with Gasteiger partial charge in [0.25, 0.3) is 0 Å². The van der Waals surface area contributed by atoms with Crippen molar-refractivity contribution in [2.24, 2.45) is 5.41 Å². The van der Waals surface area contributed by atoms with Crippen LogP contribution in [0.5, 0.6) is 0 Å². The van der Waals surface area contributed by atoms with Crippen LogP contribution in [0.1, 0.15) is 39.2 Å². The van der Waals surface area contributed by atoms with Crippen molar-refractivity contribution in [1.29, 1.82) is 0 Å². The normalized spacial score (nSPS) is 16.6. The molecule has 0 bridgehead atoms. The highest BCUT2D eigenvalue weighted by Crippen LogP contribution is 2.32. The van der Waals surface area contributed by atoms with Crippen molar-refractivity contribution in [2.75, 3.05) is 18.9 Å². The predicted molar refractivity (Wildman–Crippen MR) is 156 cm³/mol. The molecule has 0 radical (unpaired) electrons. The van der Waals surface area contributed by atoms with Gasteiger partial charge in [-0.25, -0.2) is 18.7 Å². The second-order valence-electron chi connectivity index (χ2n) is 11.0. The highest BCUT2D eigenvalue weighted by Gasteiger charge is 2.39. The highest BCUT2D eigenvalue weighted by molar-refractivity contribution is 6.31. The van der Waals surface area contributed by atoms with Crippen LogP contribution in [0.4, 0.5) is 20.3 Å². The number of amides is 3. The molecule has 0 aliphatic carbocycles. The summed E-state index contributed by atoms with van der Waals surface area (Å²) in [6.45, 7) is 6.00. The Kier molecular flexibility index (Phi) is 9.70. The van der Waals surface area contributed by atoms with E-state index in [-0.39, 0.29) is 11.5 Å². The van der Waals surface area contributed by atoms with Crippen molar-refractivity contribution in [1.82, 2.24) is 31.2 Å². The van der Waals surface area contributed by atoms with Crippen LogP contribution in [0.3, 0.4) is 0 Å². The van der Waals surface area contributed by atoms with Gasteiger partial charge in [0.15, 0.2) is 5.82 Å². The standard InChI is InChI=1S/C29H34ClF2N7O3/c1-15(33-4)26(40)38-24(28(42)39-27(41)21-6-5-11-34-21)29(2,3)13-16-7-9-19-17(12-16)25(36-14-35-19)37-20-10-8-18(31)22(30)23(20)32/h7-10,12,14-15,21,24,33-34H,5-6,11,13H2,1-4H3,(H,38,40)(H,35,36,37)(H,39,41,42)/t15-,21-,24+/m0/s1. The Balaban J connectivity index is 1.62. The molecule has 224 valence electrons. The van der Waals surface area contributed by atoms with Crippen LogP contribution in [0, 0.1) is 17.0 Å². The summed E-state index contributed by atoms with van der Waals surface area (Å²) in [5, 5.41) is 14.0. The molecule has 3 aromatic rings. The van der Waals surface area contributed by atoms with Crippen molar-refractivity contribution in [3.63, 3.8) is 0 Å². The molecule has 1 aliphatic rings. The summed E-state index contributed by atoms with van der Waals surface area (Å²) >= 11 is 5.74. The number of benzene rings is 2. The van der Waals surface area contributed by atoms with Crippen molar-refractivity contribution in [3.05, 3.63) is 58.9 Å². The number of carbonyl (C=O) groups excluding carboxylic acids is 3. The monoisotopic (exact) mass is 601 g/mol. The molecule has 1 saturated heterocycles. The molecule has 4 rings (SSSR count). The topological polar surface area (TPSA) is 137 Å². The van der Waals surface area contributed by atoms with Crippen molar-refractivity contribution in [2.45, 2.75) is 58.2 Å². The second-order valence-corrected chi connectivity index (χ2v) is 11.4. The van der Waals surface area contributed by atoms with Crippen LogP contribution in [-0.4, -0.2) is 59.4 Å².